The fourth-order valence-electron chi connectivity index (χ4n) is 3.56. The highest BCUT2D eigenvalue weighted by Crippen LogP contribution is 2.33. The molecule has 0 unspecified atom stereocenters. The zero-order chi connectivity index (χ0) is 24.0. The maximum atomic E-state index is 13.1. The highest BCUT2D eigenvalue weighted by molar-refractivity contribution is 8.26. The van der Waals surface area contributed by atoms with Crippen molar-refractivity contribution in [2.75, 3.05) is 13.7 Å². The van der Waals surface area contributed by atoms with Gasteiger partial charge in [0.25, 0.3) is 5.91 Å². The Bertz CT molecular complexity index is 1050. The van der Waals surface area contributed by atoms with Gasteiger partial charge in [-0.05, 0) is 56.5 Å². The molecule has 0 aliphatic carbocycles. The van der Waals surface area contributed by atoms with E-state index in [2.05, 4.69) is 0 Å². The number of carbonyl (C=O) groups is 2. The Labute approximate surface area is 205 Å². The van der Waals surface area contributed by atoms with Crippen LogP contribution >= 0.6 is 24.0 Å². The molecule has 0 spiro atoms. The molecule has 1 heterocycles. The van der Waals surface area contributed by atoms with E-state index >= 15 is 0 Å². The number of carbonyl (C=O) groups excluding carboxylic acids is 2. The monoisotopic (exact) mass is 482 g/mol. The maximum Gasteiger partial charge on any atom is 0.266 e. The number of thiocarbonyl (C=S) groups is 1. The molecule has 33 heavy (non-hydrogen) atoms. The van der Waals surface area contributed by atoms with Crippen LogP contribution in [0.2, 0.25) is 0 Å². The van der Waals surface area contributed by atoms with Gasteiger partial charge in [-0.1, -0.05) is 66.4 Å². The average molecular weight is 483 g/mol. The molecule has 0 saturated carbocycles. The average Bonchev–Trinajstić information content (AvgIpc) is 3.04. The first kappa shape index (κ1) is 25.0. The molecule has 1 saturated heterocycles. The zero-order valence-electron chi connectivity index (χ0n) is 19.5. The number of rotatable bonds is 8. The van der Waals surface area contributed by atoms with Crippen molar-refractivity contribution in [3.05, 3.63) is 70.6 Å². The molecule has 0 radical (unpaired) electrons. The highest BCUT2D eigenvalue weighted by Gasteiger charge is 2.32. The van der Waals surface area contributed by atoms with Gasteiger partial charge in [0.05, 0.1) is 12.0 Å². The Morgan fingerprint density at radius 3 is 2.55 bits per heavy atom. The molecule has 0 N–H and O–H groups in total. The number of hydrogen-bond acceptors (Lipinski definition) is 5. The molecule has 174 valence electrons. The summed E-state index contributed by atoms with van der Waals surface area (Å²) in [7, 11) is 1.61. The van der Waals surface area contributed by atoms with Gasteiger partial charge in [0.15, 0.2) is 0 Å². The van der Waals surface area contributed by atoms with Gasteiger partial charge in [-0.25, -0.2) is 0 Å². The lowest BCUT2D eigenvalue weighted by Gasteiger charge is -2.36. The number of nitrogens with zero attached hydrogens (tertiary/aromatic N) is 2. The van der Waals surface area contributed by atoms with E-state index in [1.54, 1.807) is 12.0 Å². The van der Waals surface area contributed by atoms with Crippen LogP contribution in [0.15, 0.2) is 59.5 Å². The summed E-state index contributed by atoms with van der Waals surface area (Å²) in [5.41, 5.74) is 1.68. The van der Waals surface area contributed by atoms with Crippen molar-refractivity contribution < 1.29 is 14.3 Å². The van der Waals surface area contributed by atoms with Gasteiger partial charge < -0.3 is 9.64 Å². The third kappa shape index (κ3) is 6.68. The Morgan fingerprint density at radius 1 is 1.15 bits per heavy atom. The lowest BCUT2D eigenvalue weighted by atomic mass is 10.0. The van der Waals surface area contributed by atoms with E-state index in [4.69, 9.17) is 17.0 Å². The topological polar surface area (TPSA) is 49.9 Å². The van der Waals surface area contributed by atoms with Crippen molar-refractivity contribution in [1.82, 2.24) is 9.80 Å². The van der Waals surface area contributed by atoms with Crippen molar-refractivity contribution in [3.8, 4) is 5.75 Å². The number of benzene rings is 2. The van der Waals surface area contributed by atoms with Gasteiger partial charge in [0, 0.05) is 25.0 Å². The van der Waals surface area contributed by atoms with E-state index in [1.165, 1.54) is 11.8 Å². The second-order valence-electron chi connectivity index (χ2n) is 8.85. The fraction of sp³-hybridized carbons (Fsp3) is 0.346. The first-order chi connectivity index (χ1) is 15.7. The zero-order valence-corrected chi connectivity index (χ0v) is 21.2. The van der Waals surface area contributed by atoms with E-state index < -0.39 is 0 Å². The summed E-state index contributed by atoms with van der Waals surface area (Å²) in [4.78, 5) is 30.0. The Balaban J connectivity index is 1.60. The van der Waals surface area contributed by atoms with Crippen LogP contribution in [0.5, 0.6) is 5.75 Å². The van der Waals surface area contributed by atoms with E-state index in [0.717, 1.165) is 16.9 Å². The lowest BCUT2D eigenvalue weighted by molar-refractivity contribution is -0.137. The van der Waals surface area contributed by atoms with Crippen LogP contribution in [0.4, 0.5) is 0 Å². The second-order valence-corrected chi connectivity index (χ2v) is 10.5. The predicted molar refractivity (Wildman–Crippen MR) is 139 cm³/mol. The molecule has 2 aromatic carbocycles. The van der Waals surface area contributed by atoms with E-state index in [0.29, 0.717) is 35.2 Å². The molecule has 2 aromatic rings. The quantitative estimate of drug-likeness (QED) is 0.367. The SMILES string of the molecule is COc1cccc(C=C2SC(=S)N(CCCC(=O)N(Cc3ccccc3)C(C)(C)C)C2=O)c1. The van der Waals surface area contributed by atoms with E-state index in [9.17, 15) is 9.59 Å². The first-order valence-electron chi connectivity index (χ1n) is 10.9. The van der Waals surface area contributed by atoms with E-state index in [-0.39, 0.29) is 17.4 Å². The van der Waals surface area contributed by atoms with Gasteiger partial charge in [0.2, 0.25) is 5.91 Å². The largest absolute Gasteiger partial charge is 0.497 e. The third-order valence-electron chi connectivity index (χ3n) is 5.33. The van der Waals surface area contributed by atoms with Crippen LogP contribution in [0, 0.1) is 0 Å². The molecular formula is C26H30N2O3S2. The smallest absolute Gasteiger partial charge is 0.266 e. The molecule has 0 bridgehead atoms. The molecule has 1 aliphatic heterocycles. The molecule has 5 nitrogen and oxygen atoms in total. The van der Waals surface area contributed by atoms with Gasteiger partial charge in [-0.15, -0.1) is 0 Å². The summed E-state index contributed by atoms with van der Waals surface area (Å²) in [6.07, 6.45) is 2.74. The van der Waals surface area contributed by atoms with Crippen LogP contribution < -0.4 is 4.74 Å². The maximum absolute atomic E-state index is 13.1. The molecule has 3 rings (SSSR count). The van der Waals surface area contributed by atoms with Gasteiger partial charge in [0.1, 0.15) is 10.1 Å². The minimum Gasteiger partial charge on any atom is -0.497 e. The number of ether oxygens (including phenoxy) is 1. The summed E-state index contributed by atoms with van der Waals surface area (Å²) < 4.78 is 5.78. The van der Waals surface area contributed by atoms with Crippen LogP contribution in [0.1, 0.15) is 44.7 Å². The third-order valence-corrected chi connectivity index (χ3v) is 6.71. The molecule has 2 amide bonds. The fourth-order valence-corrected chi connectivity index (χ4v) is 4.87. The van der Waals surface area contributed by atoms with Crippen molar-refractivity contribution in [2.45, 2.75) is 45.7 Å². The second kappa shape index (κ2) is 11.0. The minimum absolute atomic E-state index is 0.0729. The number of hydrogen-bond donors (Lipinski definition) is 0. The summed E-state index contributed by atoms with van der Waals surface area (Å²) in [5, 5.41) is 0. The van der Waals surface area contributed by atoms with Crippen molar-refractivity contribution in [1.29, 1.82) is 0 Å². The molecule has 0 atom stereocenters. The lowest BCUT2D eigenvalue weighted by Crippen LogP contribution is -2.45. The summed E-state index contributed by atoms with van der Waals surface area (Å²) in [5.74, 6) is 0.692. The Hall–Kier alpha value is -2.64. The standard InChI is InChI=1S/C26H30N2O3S2/c1-26(2,3)28(18-19-10-6-5-7-11-19)23(29)14-9-15-27-24(30)22(33-25(27)32)17-20-12-8-13-21(16-20)31-4/h5-8,10-13,16-17H,9,14-15,18H2,1-4H3. The van der Waals surface area contributed by atoms with Crippen LogP contribution in [0.3, 0.4) is 0 Å². The summed E-state index contributed by atoms with van der Waals surface area (Å²) >= 11 is 6.74. The van der Waals surface area contributed by atoms with Crippen molar-refractivity contribution >= 4 is 46.2 Å². The Kier molecular flexibility index (Phi) is 8.32. The summed E-state index contributed by atoms with van der Waals surface area (Å²) in [6.45, 7) is 7.11. The van der Waals surface area contributed by atoms with Crippen LogP contribution in [0.25, 0.3) is 6.08 Å². The first-order valence-corrected chi connectivity index (χ1v) is 12.2. The molecule has 0 aromatic heterocycles. The van der Waals surface area contributed by atoms with Gasteiger partial charge in [-0.3, -0.25) is 14.5 Å². The Morgan fingerprint density at radius 2 is 1.88 bits per heavy atom. The minimum atomic E-state index is -0.297. The number of methoxy groups -OCH3 is 1. The van der Waals surface area contributed by atoms with E-state index in [1.807, 2.05) is 86.3 Å². The molecule has 1 aliphatic rings. The number of thioether (sulfide) groups is 1. The van der Waals surface area contributed by atoms with Crippen LogP contribution in [-0.4, -0.2) is 45.1 Å². The summed E-state index contributed by atoms with van der Waals surface area (Å²) in [6, 6.07) is 17.5. The highest BCUT2D eigenvalue weighted by atomic mass is 32.2. The predicted octanol–water partition coefficient (Wildman–Crippen LogP) is 5.50. The van der Waals surface area contributed by atoms with Gasteiger partial charge >= 0.3 is 0 Å². The normalized spacial score (nSPS) is 15.3. The van der Waals surface area contributed by atoms with Crippen molar-refractivity contribution in [3.63, 3.8) is 0 Å². The van der Waals surface area contributed by atoms with Crippen LogP contribution in [-0.2, 0) is 16.1 Å². The molecule has 1 fully saturated rings. The van der Waals surface area contributed by atoms with Crippen molar-refractivity contribution in [2.24, 2.45) is 0 Å². The molecular weight excluding hydrogens is 452 g/mol. The number of amides is 2. The molecule has 7 heteroatoms. The van der Waals surface area contributed by atoms with Gasteiger partial charge in [-0.2, -0.15) is 0 Å².